The number of ether oxygens (including phenoxy) is 4. The summed E-state index contributed by atoms with van der Waals surface area (Å²) in [7, 11) is 0. The van der Waals surface area contributed by atoms with E-state index in [2.05, 4.69) is 18.9 Å². The number of esters is 4. The lowest BCUT2D eigenvalue weighted by atomic mass is 10.3. The van der Waals surface area contributed by atoms with E-state index in [-0.39, 0.29) is 20.3 Å². The minimum atomic E-state index is -1.35. The highest BCUT2D eigenvalue weighted by Gasteiger charge is 2.26. The Labute approximate surface area is 237 Å². The maximum absolute atomic E-state index is 11.2. The Hall–Kier alpha value is -3.87. The van der Waals surface area contributed by atoms with Gasteiger partial charge in [-0.05, 0) is 48.5 Å². The highest BCUT2D eigenvalue weighted by molar-refractivity contribution is 5.83. The first-order valence-electron chi connectivity index (χ1n) is 10.7. The number of aliphatic hydroxyl groups is 3. The lowest BCUT2D eigenvalue weighted by Gasteiger charge is -2.15. The molecule has 0 aromatic carbocycles. The average molecular weight is 609 g/mol. The third-order valence-electron chi connectivity index (χ3n) is 3.57. The van der Waals surface area contributed by atoms with Crippen molar-refractivity contribution in [3.63, 3.8) is 0 Å². The zero-order valence-electron chi connectivity index (χ0n) is 22.2. The van der Waals surface area contributed by atoms with Gasteiger partial charge in [0.2, 0.25) is 0 Å². The van der Waals surface area contributed by atoms with Gasteiger partial charge in [0.25, 0.3) is 0 Å². The van der Waals surface area contributed by atoms with Gasteiger partial charge in [-0.3, -0.25) is 0 Å². The Morgan fingerprint density at radius 3 is 0.756 bits per heavy atom. The monoisotopic (exact) mass is 608 g/mol. The number of aliphatic hydroxyl groups excluding tert-OH is 3. The van der Waals surface area contributed by atoms with Crippen molar-refractivity contribution < 1.29 is 88.6 Å². The third kappa shape index (κ3) is 26.1. The lowest BCUT2D eigenvalue weighted by Crippen LogP contribution is -2.34. The molecule has 8 N–H and O–H groups in total. The molecule has 7 unspecified atom stereocenters. The van der Waals surface area contributed by atoms with E-state index in [4.69, 9.17) is 30.6 Å². The minimum absolute atomic E-state index is 0. The van der Waals surface area contributed by atoms with Crippen LogP contribution in [0.15, 0.2) is 0 Å². The molecule has 18 heteroatoms. The SMILES string of the molecule is C.C.CC(O)C(=O)O.CC(O)C(=O)OC(C)C(=O)OC(C)C(=O)O.CC(O)C(=O)OC(C)C(=O)OC(C)C(=O)O.O. The zero-order chi connectivity index (χ0) is 30.9. The summed E-state index contributed by atoms with van der Waals surface area (Å²) in [5, 5.41) is 50.3. The van der Waals surface area contributed by atoms with Gasteiger partial charge in [0, 0.05) is 0 Å². The van der Waals surface area contributed by atoms with E-state index in [1.54, 1.807) is 0 Å². The van der Waals surface area contributed by atoms with E-state index in [0.29, 0.717) is 0 Å². The van der Waals surface area contributed by atoms with Gasteiger partial charge in [-0.15, -0.1) is 0 Å². The van der Waals surface area contributed by atoms with E-state index in [1.165, 1.54) is 48.5 Å². The van der Waals surface area contributed by atoms with Crippen LogP contribution in [0.2, 0.25) is 0 Å². The van der Waals surface area contributed by atoms with Gasteiger partial charge in [0.1, 0.15) is 18.3 Å². The molecule has 7 atom stereocenters. The summed E-state index contributed by atoms with van der Waals surface area (Å²) in [6, 6.07) is 0. The predicted octanol–water partition coefficient (Wildman–Crippen LogP) is -1.47. The number of carbonyl (C=O) groups excluding carboxylic acids is 4. The first-order valence-corrected chi connectivity index (χ1v) is 10.7. The second-order valence-electron chi connectivity index (χ2n) is 7.36. The van der Waals surface area contributed by atoms with Crippen LogP contribution in [0.1, 0.15) is 63.3 Å². The smallest absolute Gasteiger partial charge is 0.347 e. The molecule has 0 bridgehead atoms. The quantitative estimate of drug-likeness (QED) is 0.115. The zero-order valence-corrected chi connectivity index (χ0v) is 22.2. The second-order valence-corrected chi connectivity index (χ2v) is 7.36. The van der Waals surface area contributed by atoms with E-state index < -0.39 is 84.5 Å². The average Bonchev–Trinajstić information content (AvgIpc) is 2.78. The van der Waals surface area contributed by atoms with Crippen LogP contribution in [-0.2, 0) is 52.5 Å². The topological polar surface area (TPSA) is 309 Å². The van der Waals surface area contributed by atoms with Gasteiger partial charge in [-0.2, -0.15) is 0 Å². The van der Waals surface area contributed by atoms with Crippen LogP contribution in [0.25, 0.3) is 0 Å². The maximum Gasteiger partial charge on any atom is 0.347 e. The van der Waals surface area contributed by atoms with Crippen molar-refractivity contribution in [2.45, 2.75) is 106 Å². The molecule has 0 heterocycles. The molecule has 0 aromatic rings. The Morgan fingerprint density at radius 1 is 0.415 bits per heavy atom. The highest BCUT2D eigenvalue weighted by Crippen LogP contribution is 2.02. The number of carbonyl (C=O) groups is 7. The molecule has 0 rings (SSSR count). The second kappa shape index (κ2) is 25.1. The van der Waals surface area contributed by atoms with Crippen LogP contribution < -0.4 is 0 Å². The van der Waals surface area contributed by atoms with Crippen molar-refractivity contribution in [3.8, 4) is 0 Å². The number of hydrogen-bond acceptors (Lipinski definition) is 14. The first-order chi connectivity index (χ1) is 17.1. The number of carboxylic acid groups (broad SMARTS) is 3. The summed E-state index contributed by atoms with van der Waals surface area (Å²) in [5.41, 5.74) is 0. The Bertz CT molecular complexity index is 761. The van der Waals surface area contributed by atoms with Crippen molar-refractivity contribution in [1.82, 2.24) is 0 Å². The third-order valence-corrected chi connectivity index (χ3v) is 3.57. The molecule has 41 heavy (non-hydrogen) atoms. The molecule has 18 nitrogen and oxygen atoms in total. The lowest BCUT2D eigenvalue weighted by molar-refractivity contribution is -0.177. The normalized spacial score (nSPS) is 14.3. The van der Waals surface area contributed by atoms with Gasteiger partial charge in [0.05, 0.1) is 0 Å². The van der Waals surface area contributed by atoms with Crippen molar-refractivity contribution in [3.05, 3.63) is 0 Å². The molecule has 0 amide bonds. The minimum Gasteiger partial charge on any atom is -0.479 e. The molecule has 0 fully saturated rings. The van der Waals surface area contributed by atoms with Gasteiger partial charge < -0.3 is 55.1 Å². The van der Waals surface area contributed by atoms with E-state index >= 15 is 0 Å². The summed E-state index contributed by atoms with van der Waals surface area (Å²) in [5.74, 6) is -7.72. The van der Waals surface area contributed by atoms with Crippen LogP contribution in [-0.4, -0.2) is 121 Å². The Balaban J connectivity index is -0.000000117. The van der Waals surface area contributed by atoms with Crippen molar-refractivity contribution in [1.29, 1.82) is 0 Å². The summed E-state index contributed by atoms with van der Waals surface area (Å²) in [4.78, 5) is 74.3. The van der Waals surface area contributed by atoms with Crippen LogP contribution in [0.3, 0.4) is 0 Å². The number of rotatable bonds is 11. The van der Waals surface area contributed by atoms with Crippen molar-refractivity contribution in [2.24, 2.45) is 0 Å². The standard InChI is InChI=1S/2C9H14O7.C3H6O3.2CH4.H2O/c2*1-4(10)8(13)16-6(3)9(14)15-5(2)7(11)12;1-2(4)3(5)6;;;/h2*4-6,10H,1-3H3,(H,11,12);2,4H,1H3,(H,5,6);2*1H4;1H2. The van der Waals surface area contributed by atoms with Gasteiger partial charge in [-0.1, -0.05) is 14.9 Å². The van der Waals surface area contributed by atoms with Gasteiger partial charge >= 0.3 is 41.8 Å². The molecule has 0 spiro atoms. The molecule has 244 valence electrons. The van der Waals surface area contributed by atoms with Gasteiger partial charge in [-0.25, -0.2) is 33.6 Å². The first kappa shape index (κ1) is 50.0. The molecule has 0 aromatic heterocycles. The molecule has 0 aliphatic carbocycles. The fraction of sp³-hybridized carbons (Fsp3) is 0.696. The largest absolute Gasteiger partial charge is 0.479 e. The van der Waals surface area contributed by atoms with Gasteiger partial charge in [0.15, 0.2) is 24.4 Å². The predicted molar refractivity (Wildman–Crippen MR) is 137 cm³/mol. The molecule has 0 saturated carbocycles. The van der Waals surface area contributed by atoms with Crippen LogP contribution in [0.4, 0.5) is 0 Å². The Kier molecular flexibility index (Phi) is 30.6. The van der Waals surface area contributed by atoms with Crippen molar-refractivity contribution >= 4 is 41.8 Å². The van der Waals surface area contributed by atoms with E-state index in [9.17, 15) is 33.6 Å². The fourth-order valence-corrected chi connectivity index (χ4v) is 1.28. The molecule has 0 radical (unpaired) electrons. The molecule has 0 aliphatic heterocycles. The van der Waals surface area contributed by atoms with Crippen LogP contribution >= 0.6 is 0 Å². The summed E-state index contributed by atoms with van der Waals surface area (Å²) in [6.45, 7) is 8.34. The van der Waals surface area contributed by atoms with E-state index in [0.717, 1.165) is 0 Å². The number of aliphatic carboxylic acids is 3. The fourth-order valence-electron chi connectivity index (χ4n) is 1.28. The van der Waals surface area contributed by atoms with Crippen LogP contribution in [0.5, 0.6) is 0 Å². The summed E-state index contributed by atoms with van der Waals surface area (Å²) < 4.78 is 17.9. The van der Waals surface area contributed by atoms with E-state index in [1.807, 2.05) is 0 Å². The van der Waals surface area contributed by atoms with Crippen molar-refractivity contribution in [2.75, 3.05) is 0 Å². The van der Waals surface area contributed by atoms with Crippen LogP contribution in [0, 0.1) is 0 Å². The number of carboxylic acids is 3. The highest BCUT2D eigenvalue weighted by atomic mass is 16.6. The number of hydrogen-bond donors (Lipinski definition) is 6. The molecular weight excluding hydrogens is 564 g/mol. The Morgan fingerprint density at radius 2 is 0.610 bits per heavy atom. The summed E-state index contributed by atoms with van der Waals surface area (Å²) in [6.07, 6.45) is -9.10. The molecular formula is C23H44O18. The summed E-state index contributed by atoms with van der Waals surface area (Å²) >= 11 is 0. The molecule has 0 saturated heterocycles. The molecule has 0 aliphatic rings. The maximum atomic E-state index is 11.2.